The standard InChI is InChI=1S/C16H14Cl2N2O4S/c1-25(23,24)15-4-2-3-13(16(15)20(21)22)19-14-8-10(14)9-5-6-11(17)12(18)7-9/h2-7,10,14,19H,8H2,1H3. The smallest absolute Gasteiger partial charge is 0.310 e. The summed E-state index contributed by atoms with van der Waals surface area (Å²) >= 11 is 11.9. The summed E-state index contributed by atoms with van der Waals surface area (Å²) in [7, 11) is -3.71. The molecular formula is C16H14Cl2N2O4S. The van der Waals surface area contributed by atoms with Gasteiger partial charge in [-0.15, -0.1) is 0 Å². The van der Waals surface area contributed by atoms with Gasteiger partial charge in [-0.1, -0.05) is 35.3 Å². The molecule has 1 aliphatic carbocycles. The molecule has 9 heteroatoms. The van der Waals surface area contributed by atoms with Gasteiger partial charge in [0.15, 0.2) is 9.84 Å². The molecule has 2 atom stereocenters. The average molecular weight is 401 g/mol. The van der Waals surface area contributed by atoms with E-state index in [-0.39, 0.29) is 22.5 Å². The van der Waals surface area contributed by atoms with Crippen LogP contribution in [0.3, 0.4) is 0 Å². The molecule has 0 spiro atoms. The van der Waals surface area contributed by atoms with Crippen LogP contribution in [-0.4, -0.2) is 25.6 Å². The van der Waals surface area contributed by atoms with E-state index in [1.807, 2.05) is 6.07 Å². The molecule has 6 nitrogen and oxygen atoms in total. The maximum atomic E-state index is 11.8. The Morgan fingerprint density at radius 2 is 1.92 bits per heavy atom. The number of anilines is 1. The largest absolute Gasteiger partial charge is 0.376 e. The zero-order chi connectivity index (χ0) is 18.4. The minimum absolute atomic E-state index is 0.0363. The Balaban J connectivity index is 1.87. The van der Waals surface area contributed by atoms with Crippen LogP contribution in [0.2, 0.25) is 10.0 Å². The molecule has 0 saturated heterocycles. The third kappa shape index (κ3) is 3.73. The number of nitro groups is 1. The van der Waals surface area contributed by atoms with Crippen molar-refractivity contribution in [3.63, 3.8) is 0 Å². The number of para-hydroxylation sites is 1. The molecule has 3 rings (SSSR count). The van der Waals surface area contributed by atoms with E-state index < -0.39 is 20.4 Å². The third-order valence-corrected chi connectivity index (χ3v) is 5.95. The number of halogens is 2. The highest BCUT2D eigenvalue weighted by Crippen LogP contribution is 2.45. The van der Waals surface area contributed by atoms with Crippen molar-refractivity contribution in [3.8, 4) is 0 Å². The van der Waals surface area contributed by atoms with Crippen molar-refractivity contribution in [2.24, 2.45) is 0 Å². The van der Waals surface area contributed by atoms with Crippen LogP contribution < -0.4 is 5.32 Å². The number of nitro benzene ring substituents is 1. The van der Waals surface area contributed by atoms with Crippen molar-refractivity contribution in [2.75, 3.05) is 11.6 Å². The minimum Gasteiger partial charge on any atom is -0.376 e. The molecular weight excluding hydrogens is 387 g/mol. The summed E-state index contributed by atoms with van der Waals surface area (Å²) in [5.74, 6) is 0.135. The van der Waals surface area contributed by atoms with E-state index in [0.717, 1.165) is 18.2 Å². The second-order valence-electron chi connectivity index (χ2n) is 5.95. The summed E-state index contributed by atoms with van der Waals surface area (Å²) in [4.78, 5) is 10.4. The number of nitrogens with one attached hydrogen (secondary N) is 1. The SMILES string of the molecule is CS(=O)(=O)c1cccc(NC2CC2c2ccc(Cl)c(Cl)c2)c1[N+](=O)[O-]. The lowest BCUT2D eigenvalue weighted by Crippen LogP contribution is -2.10. The lowest BCUT2D eigenvalue weighted by atomic mass is 10.1. The van der Waals surface area contributed by atoms with Crippen LogP contribution in [0, 0.1) is 10.1 Å². The predicted octanol–water partition coefficient (Wildman–Crippen LogP) is 4.27. The minimum atomic E-state index is -3.71. The van der Waals surface area contributed by atoms with Crippen LogP contribution in [0.4, 0.5) is 11.4 Å². The van der Waals surface area contributed by atoms with E-state index in [4.69, 9.17) is 23.2 Å². The van der Waals surface area contributed by atoms with Gasteiger partial charge in [0.1, 0.15) is 10.6 Å². The number of nitrogens with zero attached hydrogens (tertiary/aromatic N) is 1. The summed E-state index contributed by atoms with van der Waals surface area (Å²) in [5.41, 5.74) is 0.749. The van der Waals surface area contributed by atoms with Gasteiger partial charge < -0.3 is 5.32 Å². The van der Waals surface area contributed by atoms with Gasteiger partial charge in [0.25, 0.3) is 0 Å². The first-order valence-electron chi connectivity index (χ1n) is 7.37. The number of hydrogen-bond donors (Lipinski definition) is 1. The number of rotatable bonds is 5. The van der Waals surface area contributed by atoms with Crippen LogP contribution in [0.25, 0.3) is 0 Å². The van der Waals surface area contributed by atoms with E-state index in [2.05, 4.69) is 5.32 Å². The Labute approximate surface area is 154 Å². The molecule has 1 saturated carbocycles. The summed E-state index contributed by atoms with van der Waals surface area (Å²) in [6.45, 7) is 0. The van der Waals surface area contributed by atoms with Crippen LogP contribution in [-0.2, 0) is 9.84 Å². The van der Waals surface area contributed by atoms with Crippen molar-refractivity contribution in [3.05, 3.63) is 62.1 Å². The fourth-order valence-corrected chi connectivity index (χ4v) is 3.96. The van der Waals surface area contributed by atoms with Crippen molar-refractivity contribution < 1.29 is 13.3 Å². The first-order valence-corrected chi connectivity index (χ1v) is 10.0. The molecule has 1 fully saturated rings. The molecule has 2 unspecified atom stereocenters. The molecule has 0 aliphatic heterocycles. The molecule has 132 valence electrons. The molecule has 0 heterocycles. The van der Waals surface area contributed by atoms with E-state index in [1.165, 1.54) is 18.2 Å². The van der Waals surface area contributed by atoms with Crippen molar-refractivity contribution in [1.29, 1.82) is 0 Å². The van der Waals surface area contributed by atoms with Gasteiger partial charge in [0, 0.05) is 18.2 Å². The Kier molecular flexibility index (Phi) is 4.66. The van der Waals surface area contributed by atoms with Crippen molar-refractivity contribution >= 4 is 44.4 Å². The first kappa shape index (κ1) is 18.0. The topological polar surface area (TPSA) is 89.3 Å². The maximum absolute atomic E-state index is 11.8. The maximum Gasteiger partial charge on any atom is 0.310 e. The summed E-state index contributed by atoms with van der Waals surface area (Å²) in [5, 5.41) is 15.4. The Hall–Kier alpha value is -1.83. The van der Waals surface area contributed by atoms with Gasteiger partial charge >= 0.3 is 5.69 Å². The van der Waals surface area contributed by atoms with Crippen molar-refractivity contribution in [1.82, 2.24) is 0 Å². The highest BCUT2D eigenvalue weighted by molar-refractivity contribution is 7.90. The summed E-state index contributed by atoms with van der Waals surface area (Å²) in [6, 6.07) is 9.55. The lowest BCUT2D eigenvalue weighted by molar-refractivity contribution is -0.386. The zero-order valence-electron chi connectivity index (χ0n) is 13.1. The number of sulfone groups is 1. The normalized spacial score (nSPS) is 19.5. The van der Waals surface area contributed by atoms with E-state index >= 15 is 0 Å². The summed E-state index contributed by atoms with van der Waals surface area (Å²) < 4.78 is 23.6. The van der Waals surface area contributed by atoms with Crippen LogP contribution in [0.15, 0.2) is 41.3 Å². The number of hydrogen-bond acceptors (Lipinski definition) is 5. The number of benzene rings is 2. The molecule has 0 aromatic heterocycles. The van der Waals surface area contributed by atoms with Gasteiger partial charge in [-0.2, -0.15) is 0 Å². The molecule has 0 bridgehead atoms. The molecule has 25 heavy (non-hydrogen) atoms. The Morgan fingerprint density at radius 1 is 1.20 bits per heavy atom. The van der Waals surface area contributed by atoms with E-state index in [0.29, 0.717) is 10.0 Å². The van der Waals surface area contributed by atoms with Gasteiger partial charge in [-0.25, -0.2) is 8.42 Å². The van der Waals surface area contributed by atoms with Crippen LogP contribution in [0.1, 0.15) is 17.9 Å². The monoisotopic (exact) mass is 400 g/mol. The van der Waals surface area contributed by atoms with E-state index in [9.17, 15) is 18.5 Å². The van der Waals surface area contributed by atoms with Gasteiger partial charge in [-0.05, 0) is 36.2 Å². The third-order valence-electron chi connectivity index (χ3n) is 4.08. The molecule has 2 aromatic carbocycles. The van der Waals surface area contributed by atoms with E-state index in [1.54, 1.807) is 12.1 Å². The highest BCUT2D eigenvalue weighted by Gasteiger charge is 2.40. The quantitative estimate of drug-likeness (QED) is 0.597. The van der Waals surface area contributed by atoms with Gasteiger partial charge in [0.05, 0.1) is 15.0 Å². The predicted molar refractivity (Wildman–Crippen MR) is 97.4 cm³/mol. The molecule has 0 amide bonds. The fourth-order valence-electron chi connectivity index (χ4n) is 2.79. The van der Waals surface area contributed by atoms with Crippen LogP contribution >= 0.6 is 23.2 Å². The average Bonchev–Trinajstić information content (AvgIpc) is 3.28. The lowest BCUT2D eigenvalue weighted by Gasteiger charge is -2.10. The van der Waals surface area contributed by atoms with Gasteiger partial charge in [-0.3, -0.25) is 10.1 Å². The second-order valence-corrected chi connectivity index (χ2v) is 8.75. The molecule has 1 N–H and O–H groups in total. The van der Waals surface area contributed by atoms with Crippen molar-refractivity contribution in [2.45, 2.75) is 23.3 Å². The zero-order valence-corrected chi connectivity index (χ0v) is 15.4. The second kappa shape index (κ2) is 6.48. The molecule has 1 aliphatic rings. The fraction of sp³-hybridized carbons (Fsp3) is 0.250. The molecule has 2 aromatic rings. The van der Waals surface area contributed by atoms with Crippen LogP contribution in [0.5, 0.6) is 0 Å². The highest BCUT2D eigenvalue weighted by atomic mass is 35.5. The Bertz CT molecular complexity index is 963. The first-order chi connectivity index (χ1) is 11.7. The molecule has 0 radical (unpaired) electrons. The van der Waals surface area contributed by atoms with Gasteiger partial charge in [0.2, 0.25) is 0 Å². The Morgan fingerprint density at radius 3 is 2.52 bits per heavy atom. The summed E-state index contributed by atoms with van der Waals surface area (Å²) in [6.07, 6.45) is 1.72.